The second-order valence-electron chi connectivity index (χ2n) is 5.62. The SMILES string of the molecule is CCCCOC(=O)c1nn2c(c1C)COC(C)(C)C2. The summed E-state index contributed by atoms with van der Waals surface area (Å²) in [7, 11) is 0. The van der Waals surface area contributed by atoms with Crippen LogP contribution in [0.3, 0.4) is 0 Å². The Morgan fingerprint density at radius 3 is 2.95 bits per heavy atom. The van der Waals surface area contributed by atoms with Gasteiger partial charge in [-0.2, -0.15) is 5.10 Å². The number of ether oxygens (including phenoxy) is 2. The third-order valence-corrected chi connectivity index (χ3v) is 3.37. The lowest BCUT2D eigenvalue weighted by Crippen LogP contribution is -2.36. The molecule has 1 aliphatic heterocycles. The molecule has 0 radical (unpaired) electrons. The van der Waals surface area contributed by atoms with Gasteiger partial charge in [0.1, 0.15) is 0 Å². The van der Waals surface area contributed by atoms with Crippen LogP contribution in [0.2, 0.25) is 0 Å². The number of hydrogen-bond donors (Lipinski definition) is 0. The summed E-state index contributed by atoms with van der Waals surface area (Å²) in [6, 6.07) is 0. The molecule has 0 saturated carbocycles. The summed E-state index contributed by atoms with van der Waals surface area (Å²) in [6.45, 7) is 9.61. The molecule has 106 valence electrons. The van der Waals surface area contributed by atoms with Crippen molar-refractivity contribution in [3.8, 4) is 0 Å². The van der Waals surface area contributed by atoms with E-state index in [1.165, 1.54) is 0 Å². The molecule has 0 fully saturated rings. The van der Waals surface area contributed by atoms with E-state index in [1.54, 1.807) is 0 Å². The molecule has 0 amide bonds. The Hall–Kier alpha value is -1.36. The fourth-order valence-corrected chi connectivity index (χ4v) is 2.14. The summed E-state index contributed by atoms with van der Waals surface area (Å²) in [4.78, 5) is 12.0. The molecule has 0 aromatic carbocycles. The van der Waals surface area contributed by atoms with Gasteiger partial charge in [-0.05, 0) is 27.2 Å². The van der Waals surface area contributed by atoms with E-state index in [4.69, 9.17) is 9.47 Å². The highest BCUT2D eigenvalue weighted by Gasteiger charge is 2.30. The van der Waals surface area contributed by atoms with Crippen molar-refractivity contribution in [3.05, 3.63) is 17.0 Å². The molecular formula is C14H22N2O3. The molecule has 2 rings (SSSR count). The number of carbonyl (C=O) groups excluding carboxylic acids is 1. The molecule has 0 aliphatic carbocycles. The highest BCUT2D eigenvalue weighted by molar-refractivity contribution is 5.89. The van der Waals surface area contributed by atoms with E-state index in [0.29, 0.717) is 25.5 Å². The molecule has 0 saturated heterocycles. The number of hydrogen-bond acceptors (Lipinski definition) is 4. The molecule has 0 unspecified atom stereocenters. The molecule has 1 aliphatic rings. The highest BCUT2D eigenvalue weighted by atomic mass is 16.5. The zero-order valence-corrected chi connectivity index (χ0v) is 12.2. The zero-order valence-electron chi connectivity index (χ0n) is 12.2. The Bertz CT molecular complexity index is 477. The van der Waals surface area contributed by atoms with Gasteiger partial charge in [-0.25, -0.2) is 4.79 Å². The van der Waals surface area contributed by atoms with E-state index in [1.807, 2.05) is 25.5 Å². The number of aromatic nitrogens is 2. The van der Waals surface area contributed by atoms with Crippen LogP contribution in [0.4, 0.5) is 0 Å². The average molecular weight is 266 g/mol. The number of fused-ring (bicyclic) bond motifs is 1. The Labute approximate surface area is 113 Å². The lowest BCUT2D eigenvalue weighted by Gasteiger charge is -2.30. The molecule has 5 heteroatoms. The van der Waals surface area contributed by atoms with Crippen molar-refractivity contribution in [2.24, 2.45) is 0 Å². The summed E-state index contributed by atoms with van der Waals surface area (Å²) in [5.74, 6) is -0.328. The summed E-state index contributed by atoms with van der Waals surface area (Å²) >= 11 is 0. The van der Waals surface area contributed by atoms with Gasteiger partial charge in [-0.1, -0.05) is 13.3 Å². The minimum atomic E-state index is -0.328. The predicted molar refractivity (Wildman–Crippen MR) is 71.0 cm³/mol. The van der Waals surface area contributed by atoms with Crippen molar-refractivity contribution in [1.29, 1.82) is 0 Å². The first-order chi connectivity index (χ1) is 8.94. The molecular weight excluding hydrogens is 244 g/mol. The first kappa shape index (κ1) is 14.1. The van der Waals surface area contributed by atoms with E-state index < -0.39 is 0 Å². The largest absolute Gasteiger partial charge is 0.461 e. The maximum absolute atomic E-state index is 12.0. The molecule has 19 heavy (non-hydrogen) atoms. The molecule has 1 aromatic heterocycles. The van der Waals surface area contributed by atoms with Crippen LogP contribution in [0.15, 0.2) is 0 Å². The van der Waals surface area contributed by atoms with Gasteiger partial charge in [0.2, 0.25) is 0 Å². The fraction of sp³-hybridized carbons (Fsp3) is 0.714. The minimum absolute atomic E-state index is 0.241. The van der Waals surface area contributed by atoms with Crippen LogP contribution in [-0.2, 0) is 22.6 Å². The van der Waals surface area contributed by atoms with Crippen molar-refractivity contribution in [1.82, 2.24) is 9.78 Å². The summed E-state index contributed by atoms with van der Waals surface area (Å²) in [5.41, 5.74) is 2.03. The number of nitrogens with zero attached hydrogens (tertiary/aromatic N) is 2. The molecule has 1 aromatic rings. The number of carbonyl (C=O) groups is 1. The van der Waals surface area contributed by atoms with Crippen LogP contribution in [0.1, 0.15) is 55.4 Å². The predicted octanol–water partition coefficient (Wildman–Crippen LogP) is 2.46. The van der Waals surface area contributed by atoms with Gasteiger partial charge in [0.25, 0.3) is 0 Å². The van der Waals surface area contributed by atoms with Crippen molar-refractivity contribution >= 4 is 5.97 Å². The van der Waals surface area contributed by atoms with Crippen LogP contribution >= 0.6 is 0 Å². The Morgan fingerprint density at radius 1 is 1.53 bits per heavy atom. The maximum Gasteiger partial charge on any atom is 0.359 e. The quantitative estimate of drug-likeness (QED) is 0.620. The van der Waals surface area contributed by atoms with Crippen LogP contribution < -0.4 is 0 Å². The summed E-state index contributed by atoms with van der Waals surface area (Å²) in [5, 5.41) is 4.39. The van der Waals surface area contributed by atoms with E-state index in [2.05, 4.69) is 12.0 Å². The first-order valence-electron chi connectivity index (χ1n) is 6.82. The van der Waals surface area contributed by atoms with Crippen molar-refractivity contribution in [2.45, 2.75) is 59.3 Å². The molecule has 2 heterocycles. The second-order valence-corrected chi connectivity index (χ2v) is 5.62. The van der Waals surface area contributed by atoms with Gasteiger partial charge in [0, 0.05) is 5.56 Å². The number of esters is 1. The van der Waals surface area contributed by atoms with Crippen LogP contribution in [0.25, 0.3) is 0 Å². The van der Waals surface area contributed by atoms with Gasteiger partial charge >= 0.3 is 5.97 Å². The monoisotopic (exact) mass is 266 g/mol. The van der Waals surface area contributed by atoms with E-state index in [0.717, 1.165) is 24.1 Å². The normalized spacial score (nSPS) is 17.1. The Kier molecular flexibility index (Phi) is 3.94. The van der Waals surface area contributed by atoms with E-state index in [9.17, 15) is 4.79 Å². The number of unbranched alkanes of at least 4 members (excludes halogenated alkanes) is 1. The molecule has 5 nitrogen and oxygen atoms in total. The zero-order chi connectivity index (χ0) is 14.0. The summed E-state index contributed by atoms with van der Waals surface area (Å²) < 4.78 is 12.8. The Balaban J connectivity index is 2.15. The van der Waals surface area contributed by atoms with Gasteiger partial charge in [0.15, 0.2) is 5.69 Å². The third kappa shape index (κ3) is 2.97. The lowest BCUT2D eigenvalue weighted by atomic mass is 10.1. The molecule has 0 atom stereocenters. The summed E-state index contributed by atoms with van der Waals surface area (Å²) in [6.07, 6.45) is 1.89. The lowest BCUT2D eigenvalue weighted by molar-refractivity contribution is -0.0663. The highest BCUT2D eigenvalue weighted by Crippen LogP contribution is 2.26. The van der Waals surface area contributed by atoms with Crippen molar-refractivity contribution < 1.29 is 14.3 Å². The topological polar surface area (TPSA) is 53.3 Å². The minimum Gasteiger partial charge on any atom is -0.461 e. The maximum atomic E-state index is 12.0. The van der Waals surface area contributed by atoms with Gasteiger partial charge in [0.05, 0.1) is 31.1 Å². The van der Waals surface area contributed by atoms with Crippen molar-refractivity contribution in [2.75, 3.05) is 6.61 Å². The van der Waals surface area contributed by atoms with E-state index >= 15 is 0 Å². The Morgan fingerprint density at radius 2 is 2.26 bits per heavy atom. The van der Waals surface area contributed by atoms with Crippen LogP contribution in [0, 0.1) is 6.92 Å². The van der Waals surface area contributed by atoms with Crippen LogP contribution in [-0.4, -0.2) is 28.0 Å². The molecule has 0 spiro atoms. The standard InChI is InChI=1S/C14H22N2O3/c1-5-6-7-18-13(17)12-10(2)11-8-19-14(3,4)9-16(11)15-12/h5-9H2,1-4H3. The third-order valence-electron chi connectivity index (χ3n) is 3.37. The number of rotatable bonds is 4. The van der Waals surface area contributed by atoms with E-state index in [-0.39, 0.29) is 11.6 Å². The smallest absolute Gasteiger partial charge is 0.359 e. The molecule has 0 N–H and O–H groups in total. The first-order valence-corrected chi connectivity index (χ1v) is 6.82. The van der Waals surface area contributed by atoms with Crippen molar-refractivity contribution in [3.63, 3.8) is 0 Å². The fourth-order valence-electron chi connectivity index (χ4n) is 2.14. The second kappa shape index (κ2) is 5.33. The van der Waals surface area contributed by atoms with Gasteiger partial charge < -0.3 is 9.47 Å². The van der Waals surface area contributed by atoms with Gasteiger partial charge in [-0.15, -0.1) is 0 Å². The van der Waals surface area contributed by atoms with Gasteiger partial charge in [-0.3, -0.25) is 4.68 Å². The average Bonchev–Trinajstić information content (AvgIpc) is 2.65. The van der Waals surface area contributed by atoms with Crippen LogP contribution in [0.5, 0.6) is 0 Å². The molecule has 0 bridgehead atoms.